The van der Waals surface area contributed by atoms with Crippen LogP contribution in [0.3, 0.4) is 0 Å². The van der Waals surface area contributed by atoms with E-state index in [2.05, 4.69) is 48.5 Å². The molecule has 0 fully saturated rings. The maximum absolute atomic E-state index is 8.39. The summed E-state index contributed by atoms with van der Waals surface area (Å²) >= 11 is 0. The quantitative estimate of drug-likeness (QED) is 0.269. The third kappa shape index (κ3) is 1.27. The van der Waals surface area contributed by atoms with Crippen LogP contribution in [0.2, 0.25) is 0 Å². The van der Waals surface area contributed by atoms with Crippen molar-refractivity contribution in [1.29, 1.82) is 0 Å². The second-order valence-corrected chi connectivity index (χ2v) is 5.25. The molecule has 0 saturated carbocycles. The number of benzene rings is 3. The van der Waals surface area contributed by atoms with Gasteiger partial charge in [-0.15, -0.1) is 0 Å². The van der Waals surface area contributed by atoms with E-state index in [0.717, 1.165) is 10.4 Å². The molecule has 2 heteroatoms. The van der Waals surface area contributed by atoms with Gasteiger partial charge >= 0.3 is 0 Å². The largest absolute Gasteiger partial charge is 1.00 e. The Morgan fingerprint density at radius 3 is 1.60 bits per heavy atom. The normalized spacial score (nSPS) is 11.8. The van der Waals surface area contributed by atoms with Crippen molar-refractivity contribution < 1.29 is 29.1 Å². The van der Waals surface area contributed by atoms with Gasteiger partial charge in [-0.2, -0.15) is 0 Å². The van der Waals surface area contributed by atoms with Gasteiger partial charge in [0.25, 0.3) is 5.75 Å². The van der Waals surface area contributed by atoms with E-state index >= 15 is 0 Å². The highest BCUT2D eigenvalue weighted by Gasteiger charge is 2.10. The molecule has 20 heavy (non-hydrogen) atoms. The van der Waals surface area contributed by atoms with E-state index < -0.39 is 0 Å². The van der Waals surface area contributed by atoms with Crippen LogP contribution in [0.25, 0.3) is 0 Å². The molecule has 8 bridgehead atoms. The van der Waals surface area contributed by atoms with Crippen LogP contribution < -0.4 is 24.0 Å². The van der Waals surface area contributed by atoms with Gasteiger partial charge in [0, 0.05) is 11.3 Å². The fourth-order valence-corrected chi connectivity index (χ4v) is 3.42. The van der Waals surface area contributed by atoms with Gasteiger partial charge in [0.1, 0.15) is 0 Å². The molecule has 0 unspecified atom stereocenters. The third-order valence-corrected chi connectivity index (χ3v) is 4.27. The Bertz CT molecular complexity index is 1210. The van der Waals surface area contributed by atoms with Gasteiger partial charge in [-0.3, -0.25) is 0 Å². The van der Waals surface area contributed by atoms with Crippen molar-refractivity contribution in [3.05, 3.63) is 96.3 Å². The highest BCUT2D eigenvalue weighted by molar-refractivity contribution is 5.39. The van der Waals surface area contributed by atoms with E-state index in [9.17, 15) is 0 Å². The van der Waals surface area contributed by atoms with E-state index in [1.165, 1.54) is 31.3 Å². The standard InChI is InChI=1S/C18H10O.HI/c19-15-9-14-10-1-3-13(4-2-10)18-16(14)11-5-7-12(8-6-11)17(15)18;/h1-9,19H;1H. The Morgan fingerprint density at radius 2 is 1.00 bits per heavy atom. The summed E-state index contributed by atoms with van der Waals surface area (Å²) in [6.45, 7) is 0. The van der Waals surface area contributed by atoms with Gasteiger partial charge in [0.05, 0.1) is 5.22 Å². The molecule has 0 aromatic heterocycles. The Morgan fingerprint density at radius 1 is 0.550 bits per heavy atom. The molecule has 2 N–H and O–H groups in total. The van der Waals surface area contributed by atoms with Crippen molar-refractivity contribution in [2.75, 3.05) is 0 Å². The van der Waals surface area contributed by atoms with Crippen LogP contribution in [0.1, 0.15) is 0 Å². The Balaban J connectivity index is 0.00000106. The number of halogens is 1. The monoisotopic (exact) mass is 370 g/mol. The fourth-order valence-electron chi connectivity index (χ4n) is 3.42. The summed E-state index contributed by atoms with van der Waals surface area (Å²) in [6, 6.07) is 19.3. The topological polar surface area (TPSA) is 22.9 Å². The molecule has 1 nitrogen and oxygen atoms in total. The minimum atomic E-state index is 0. The highest BCUT2D eigenvalue weighted by atomic mass is 127. The van der Waals surface area contributed by atoms with Crippen LogP contribution in [0.5, 0.6) is 5.75 Å². The first-order chi connectivity index (χ1) is 9.33. The lowest BCUT2D eigenvalue weighted by atomic mass is 10.1. The maximum atomic E-state index is 8.39. The summed E-state index contributed by atoms with van der Waals surface area (Å²) in [5, 5.41) is 18.0. The zero-order valence-electron chi connectivity index (χ0n) is 10.6. The average Bonchev–Trinajstić information content (AvgIpc) is 2.76. The Labute approximate surface area is 131 Å². The smallest absolute Gasteiger partial charge is 0.263 e. The molecule has 4 aliphatic carbocycles. The first kappa shape index (κ1) is 12.0. The van der Waals surface area contributed by atoms with Crippen molar-refractivity contribution in [2.45, 2.75) is 0 Å². The lowest BCUT2D eigenvalue weighted by molar-refractivity contribution is -0.00000469. The highest BCUT2D eigenvalue weighted by Crippen LogP contribution is 2.23. The molecule has 0 radical (unpaired) electrons. The molecule has 4 aliphatic rings. The fraction of sp³-hybridized carbons (Fsp3) is 0. The van der Waals surface area contributed by atoms with Gasteiger partial charge in [-0.25, -0.2) is 0 Å². The molecule has 0 heterocycles. The molecule has 7 rings (SSSR count). The molecule has 0 amide bonds. The first-order valence-electron chi connectivity index (χ1n) is 6.47. The van der Waals surface area contributed by atoms with Crippen LogP contribution in [-0.2, 0) is 0 Å². The molecule has 0 spiro atoms. The van der Waals surface area contributed by atoms with Crippen molar-refractivity contribution in [2.24, 2.45) is 0 Å². The molecule has 0 atom stereocenters. The zero-order valence-corrected chi connectivity index (χ0v) is 12.7. The van der Waals surface area contributed by atoms with Crippen molar-refractivity contribution in [3.8, 4) is 5.75 Å². The lowest BCUT2D eigenvalue weighted by Gasteiger charge is -1.94. The molecule has 0 saturated heterocycles. The number of hydrogen-bond donors (Lipinski definition) is 0. The number of fused-ring (bicyclic) bond motifs is 4. The Hall–Kier alpha value is -1.81. The molecular formula is C18H11IO. The summed E-state index contributed by atoms with van der Waals surface area (Å²) in [5.41, 5.74) is 0. The van der Waals surface area contributed by atoms with E-state index in [-0.39, 0.29) is 24.0 Å². The van der Waals surface area contributed by atoms with Crippen molar-refractivity contribution in [3.63, 3.8) is 0 Å². The van der Waals surface area contributed by atoms with Crippen LogP contribution in [0, 0.1) is 41.7 Å². The third-order valence-electron chi connectivity index (χ3n) is 4.27. The molecule has 3 aromatic carbocycles. The van der Waals surface area contributed by atoms with E-state index in [1.54, 1.807) is 0 Å². The van der Waals surface area contributed by atoms with E-state index in [1.807, 2.05) is 6.07 Å². The molecular weight excluding hydrogens is 359 g/mol. The summed E-state index contributed by atoms with van der Waals surface area (Å²) in [5.74, 6) is 0.628. The summed E-state index contributed by atoms with van der Waals surface area (Å²) < 4.78 is 0. The van der Waals surface area contributed by atoms with Crippen molar-refractivity contribution in [1.82, 2.24) is 0 Å². The second-order valence-electron chi connectivity index (χ2n) is 5.25. The van der Waals surface area contributed by atoms with E-state index in [0.29, 0.717) is 5.75 Å². The van der Waals surface area contributed by atoms with Gasteiger partial charge in [0.2, 0.25) is 0 Å². The maximum Gasteiger partial charge on any atom is 0.263 e. The minimum absolute atomic E-state index is 0. The number of hydrogen-bond acceptors (Lipinski definition) is 0. The Kier molecular flexibility index (Phi) is 2.31. The van der Waals surface area contributed by atoms with E-state index in [4.69, 9.17) is 5.11 Å². The summed E-state index contributed by atoms with van der Waals surface area (Å²) in [6.07, 6.45) is 0. The van der Waals surface area contributed by atoms with Crippen LogP contribution >= 0.6 is 0 Å². The number of rotatable bonds is 0. The van der Waals surface area contributed by atoms with Gasteiger partial charge in [0.15, 0.2) is 0 Å². The molecule has 3 aromatic rings. The van der Waals surface area contributed by atoms with Gasteiger partial charge < -0.3 is 29.1 Å². The van der Waals surface area contributed by atoms with Crippen molar-refractivity contribution >= 4 is 0 Å². The predicted molar refractivity (Wildman–Crippen MR) is 73.1 cm³/mol. The van der Waals surface area contributed by atoms with Crippen LogP contribution in [0.15, 0.2) is 54.6 Å². The summed E-state index contributed by atoms with van der Waals surface area (Å²) in [7, 11) is 0. The SMILES string of the molecule is [I-].[OH2+]c1cc2c3c(c1=c1ccc=3cc1)=c1ccc=2cc1. The second kappa shape index (κ2) is 3.85. The van der Waals surface area contributed by atoms with Crippen LogP contribution in [-0.4, -0.2) is 5.11 Å². The average molecular weight is 370 g/mol. The summed E-state index contributed by atoms with van der Waals surface area (Å²) in [4.78, 5) is 0. The van der Waals surface area contributed by atoms with Crippen LogP contribution in [0.4, 0.5) is 0 Å². The minimum Gasteiger partial charge on any atom is -1.00 e. The zero-order chi connectivity index (χ0) is 12.6. The molecule has 0 aliphatic heterocycles. The predicted octanol–water partition coefficient (Wildman–Crippen LogP) is -0.0968. The van der Waals surface area contributed by atoms with Gasteiger partial charge in [-0.05, 0) is 31.3 Å². The first-order valence-corrected chi connectivity index (χ1v) is 6.47. The molecule has 96 valence electrons. The van der Waals surface area contributed by atoms with Gasteiger partial charge in [-0.1, -0.05) is 48.5 Å². The lowest BCUT2D eigenvalue weighted by Crippen LogP contribution is -3.00.